The van der Waals surface area contributed by atoms with Crippen molar-refractivity contribution in [1.82, 2.24) is 5.32 Å². The Hall–Kier alpha value is -1.10. The molecule has 1 rings (SSSR count). The van der Waals surface area contributed by atoms with Gasteiger partial charge in [-0.25, -0.2) is 0 Å². The molecule has 0 aromatic carbocycles. The number of nitrogens with one attached hydrogen (secondary N) is 1. The molecule has 1 fully saturated rings. The summed E-state index contributed by atoms with van der Waals surface area (Å²) in [7, 11) is 0. The molecule has 74 valence electrons. The largest absolute Gasteiger partial charge is 0.480 e. The lowest BCUT2D eigenvalue weighted by atomic mass is 9.85. The van der Waals surface area contributed by atoms with Gasteiger partial charge in [0, 0.05) is 6.54 Å². The van der Waals surface area contributed by atoms with Gasteiger partial charge in [0.1, 0.15) is 0 Å². The summed E-state index contributed by atoms with van der Waals surface area (Å²) < 4.78 is 4.76. The van der Waals surface area contributed by atoms with Gasteiger partial charge in [0.15, 0.2) is 5.41 Å². The number of hydrogen-bond acceptors (Lipinski definition) is 3. The van der Waals surface area contributed by atoms with E-state index in [1.807, 2.05) is 6.92 Å². The first kappa shape index (κ1) is 9.98. The Labute approximate surface area is 76.1 Å². The number of carbonyl (C=O) groups excluding carboxylic acids is 1. The third-order valence-electron chi connectivity index (χ3n) is 2.08. The maximum absolute atomic E-state index is 11.4. The lowest BCUT2D eigenvalue weighted by Crippen LogP contribution is -2.59. The Balaban J connectivity index is 2.56. The number of aliphatic carboxylic acids is 1. The number of amides is 1. The second-order valence-electron chi connectivity index (χ2n) is 3.14. The predicted molar refractivity (Wildman–Crippen MR) is 44.2 cm³/mol. The summed E-state index contributed by atoms with van der Waals surface area (Å²) in [6.07, 6.45) is 0.794. The van der Waals surface area contributed by atoms with Crippen LogP contribution in [0.25, 0.3) is 0 Å². The molecule has 1 saturated heterocycles. The third kappa shape index (κ3) is 1.65. The fraction of sp³-hybridized carbons (Fsp3) is 0.750. The molecule has 0 bridgehead atoms. The van der Waals surface area contributed by atoms with E-state index in [1.165, 1.54) is 0 Å². The summed E-state index contributed by atoms with van der Waals surface area (Å²) in [5.74, 6) is -1.54. The van der Waals surface area contributed by atoms with Crippen molar-refractivity contribution in [2.45, 2.75) is 13.3 Å². The normalized spacial score (nSPS) is 18.8. The van der Waals surface area contributed by atoms with E-state index in [0.29, 0.717) is 6.54 Å². The zero-order valence-corrected chi connectivity index (χ0v) is 7.50. The predicted octanol–water partition coefficient (Wildman–Crippen LogP) is -0.386. The molecule has 0 aromatic heterocycles. The molecule has 0 saturated carbocycles. The van der Waals surface area contributed by atoms with Crippen LogP contribution in [0.2, 0.25) is 0 Å². The van der Waals surface area contributed by atoms with E-state index in [4.69, 9.17) is 9.84 Å². The van der Waals surface area contributed by atoms with E-state index in [2.05, 4.69) is 5.32 Å². The summed E-state index contributed by atoms with van der Waals surface area (Å²) in [4.78, 5) is 22.1. The molecule has 2 N–H and O–H groups in total. The molecule has 5 nitrogen and oxygen atoms in total. The van der Waals surface area contributed by atoms with E-state index >= 15 is 0 Å². The zero-order chi connectivity index (χ0) is 9.90. The topological polar surface area (TPSA) is 75.6 Å². The molecule has 1 aliphatic rings. The van der Waals surface area contributed by atoms with Crippen LogP contribution in [0, 0.1) is 5.41 Å². The first-order valence-corrected chi connectivity index (χ1v) is 4.23. The van der Waals surface area contributed by atoms with Crippen molar-refractivity contribution < 1.29 is 19.4 Å². The Morgan fingerprint density at radius 2 is 2.15 bits per heavy atom. The van der Waals surface area contributed by atoms with Crippen LogP contribution in [0.15, 0.2) is 0 Å². The van der Waals surface area contributed by atoms with Gasteiger partial charge >= 0.3 is 5.97 Å². The SMILES string of the molecule is CCCNC(=O)C1(C(=O)O)COC1. The van der Waals surface area contributed by atoms with Gasteiger partial charge in [0.05, 0.1) is 13.2 Å². The number of hydrogen-bond donors (Lipinski definition) is 2. The quantitative estimate of drug-likeness (QED) is 0.588. The molecule has 0 unspecified atom stereocenters. The lowest BCUT2D eigenvalue weighted by molar-refractivity contribution is -0.185. The zero-order valence-electron chi connectivity index (χ0n) is 7.50. The number of carboxylic acid groups (broad SMARTS) is 1. The van der Waals surface area contributed by atoms with Crippen LogP contribution >= 0.6 is 0 Å². The van der Waals surface area contributed by atoms with Gasteiger partial charge in [-0.15, -0.1) is 0 Å². The molecule has 1 aliphatic heterocycles. The molecule has 1 heterocycles. The Morgan fingerprint density at radius 3 is 2.46 bits per heavy atom. The van der Waals surface area contributed by atoms with Gasteiger partial charge in [0.2, 0.25) is 5.91 Å². The monoisotopic (exact) mass is 187 g/mol. The van der Waals surface area contributed by atoms with Crippen LogP contribution in [0.5, 0.6) is 0 Å². The van der Waals surface area contributed by atoms with E-state index in [0.717, 1.165) is 6.42 Å². The summed E-state index contributed by atoms with van der Waals surface area (Å²) in [5.41, 5.74) is -1.32. The first-order chi connectivity index (χ1) is 6.13. The molecular formula is C8H13NO4. The first-order valence-electron chi connectivity index (χ1n) is 4.23. The minimum Gasteiger partial charge on any atom is -0.480 e. The molecule has 0 spiro atoms. The van der Waals surface area contributed by atoms with Crippen molar-refractivity contribution in [1.29, 1.82) is 0 Å². The highest BCUT2D eigenvalue weighted by molar-refractivity contribution is 6.03. The fourth-order valence-electron chi connectivity index (χ4n) is 1.07. The van der Waals surface area contributed by atoms with Crippen molar-refractivity contribution in [2.75, 3.05) is 19.8 Å². The minimum absolute atomic E-state index is 0.0160. The minimum atomic E-state index is -1.32. The third-order valence-corrected chi connectivity index (χ3v) is 2.08. The van der Waals surface area contributed by atoms with Crippen LogP contribution < -0.4 is 5.32 Å². The maximum atomic E-state index is 11.4. The average Bonchev–Trinajstić information content (AvgIpc) is 1.97. The second-order valence-corrected chi connectivity index (χ2v) is 3.14. The second kappa shape index (κ2) is 3.74. The van der Waals surface area contributed by atoms with Crippen LogP contribution in [0.1, 0.15) is 13.3 Å². The van der Waals surface area contributed by atoms with Gasteiger partial charge in [-0.3, -0.25) is 9.59 Å². The number of rotatable bonds is 4. The summed E-state index contributed by atoms with van der Waals surface area (Å²) in [6, 6.07) is 0. The van der Waals surface area contributed by atoms with Crippen molar-refractivity contribution in [3.63, 3.8) is 0 Å². The average molecular weight is 187 g/mol. The Morgan fingerprint density at radius 1 is 1.54 bits per heavy atom. The highest BCUT2D eigenvalue weighted by Gasteiger charge is 2.52. The number of carboxylic acids is 1. The van der Waals surface area contributed by atoms with Gasteiger partial charge in [-0.2, -0.15) is 0 Å². The van der Waals surface area contributed by atoms with Crippen LogP contribution in [0.3, 0.4) is 0 Å². The molecule has 13 heavy (non-hydrogen) atoms. The van der Waals surface area contributed by atoms with Gasteiger partial charge in [-0.05, 0) is 6.42 Å². The molecule has 0 aromatic rings. The fourth-order valence-corrected chi connectivity index (χ4v) is 1.07. The van der Waals surface area contributed by atoms with Crippen molar-refractivity contribution in [2.24, 2.45) is 5.41 Å². The smallest absolute Gasteiger partial charge is 0.324 e. The Kier molecular flexibility index (Phi) is 2.87. The molecule has 5 heteroatoms. The molecule has 0 radical (unpaired) electrons. The number of carbonyl (C=O) groups is 2. The van der Waals surface area contributed by atoms with Gasteiger partial charge < -0.3 is 15.2 Å². The van der Waals surface area contributed by atoms with Crippen LogP contribution in [0.4, 0.5) is 0 Å². The highest BCUT2D eigenvalue weighted by atomic mass is 16.5. The maximum Gasteiger partial charge on any atom is 0.324 e. The van der Waals surface area contributed by atoms with Gasteiger partial charge in [0.25, 0.3) is 0 Å². The van der Waals surface area contributed by atoms with E-state index in [-0.39, 0.29) is 13.2 Å². The molecular weight excluding hydrogens is 174 g/mol. The van der Waals surface area contributed by atoms with E-state index in [9.17, 15) is 9.59 Å². The molecule has 0 atom stereocenters. The van der Waals surface area contributed by atoms with E-state index in [1.54, 1.807) is 0 Å². The standard InChI is InChI=1S/C8H13NO4/c1-2-3-9-6(10)8(7(11)12)4-13-5-8/h2-5H2,1H3,(H,9,10)(H,11,12). The van der Waals surface area contributed by atoms with Crippen LogP contribution in [-0.4, -0.2) is 36.7 Å². The van der Waals surface area contributed by atoms with Crippen molar-refractivity contribution in [3.8, 4) is 0 Å². The summed E-state index contributed by atoms with van der Waals surface area (Å²) in [6.45, 7) is 2.38. The van der Waals surface area contributed by atoms with Gasteiger partial charge in [-0.1, -0.05) is 6.92 Å². The molecule has 1 amide bonds. The van der Waals surface area contributed by atoms with Crippen LogP contribution in [-0.2, 0) is 14.3 Å². The number of ether oxygens (including phenoxy) is 1. The van der Waals surface area contributed by atoms with Crippen molar-refractivity contribution in [3.05, 3.63) is 0 Å². The van der Waals surface area contributed by atoms with Crippen molar-refractivity contribution >= 4 is 11.9 Å². The lowest BCUT2D eigenvalue weighted by Gasteiger charge is -2.35. The highest BCUT2D eigenvalue weighted by Crippen LogP contribution is 2.27. The van der Waals surface area contributed by atoms with E-state index < -0.39 is 17.3 Å². The summed E-state index contributed by atoms with van der Waals surface area (Å²) >= 11 is 0. The molecule has 0 aliphatic carbocycles. The summed E-state index contributed by atoms with van der Waals surface area (Å²) in [5, 5.41) is 11.4. The Bertz CT molecular complexity index is 222.